The fraction of sp³-hybridized carbons (Fsp3) is 0.889. The van der Waals surface area contributed by atoms with E-state index in [2.05, 4.69) is 4.18 Å². The van der Waals surface area contributed by atoms with Gasteiger partial charge in [-0.25, -0.2) is 8.37 Å². The Bertz CT molecular complexity index is 414. The molecule has 5 nitrogen and oxygen atoms in total. The lowest BCUT2D eigenvalue weighted by molar-refractivity contribution is -0.121. The Morgan fingerprint density at radius 3 is 2.60 bits per heavy atom. The van der Waals surface area contributed by atoms with Crippen LogP contribution in [0.4, 0.5) is 0 Å². The SMILES string of the molecule is CCOS(=O)(=O)O[C@H]1[C@@H]2[C@@H]3C[C@H]1C(=O)[C@@H]32. The molecule has 0 radical (unpaired) electrons. The summed E-state index contributed by atoms with van der Waals surface area (Å²) in [5.74, 6) is 0.640. The molecule has 0 amide bonds. The van der Waals surface area contributed by atoms with Crippen LogP contribution in [-0.4, -0.2) is 26.9 Å². The number of rotatable bonds is 4. The third-order valence-corrected chi connectivity index (χ3v) is 4.70. The predicted octanol–water partition coefficient (Wildman–Crippen LogP) is 0.118. The second kappa shape index (κ2) is 2.81. The van der Waals surface area contributed by atoms with E-state index in [1.807, 2.05) is 0 Å². The summed E-state index contributed by atoms with van der Waals surface area (Å²) in [6, 6.07) is 0. The Labute approximate surface area is 88.1 Å². The summed E-state index contributed by atoms with van der Waals surface area (Å²) in [6.45, 7) is 1.64. The summed E-state index contributed by atoms with van der Waals surface area (Å²) in [4.78, 5) is 11.5. The second-order valence-corrected chi connectivity index (χ2v) is 5.63. The quantitative estimate of drug-likeness (QED) is 0.688. The molecule has 6 heteroatoms. The van der Waals surface area contributed by atoms with Gasteiger partial charge in [-0.1, -0.05) is 0 Å². The minimum atomic E-state index is -3.90. The number of Topliss-reactive ketones (excluding diaryl/α,β-unsaturated/α-hetero) is 1. The van der Waals surface area contributed by atoms with Gasteiger partial charge in [0.15, 0.2) is 0 Å². The summed E-state index contributed by atoms with van der Waals surface area (Å²) >= 11 is 0. The van der Waals surface area contributed by atoms with Gasteiger partial charge in [-0.2, -0.15) is 8.42 Å². The highest BCUT2D eigenvalue weighted by molar-refractivity contribution is 7.81. The summed E-state index contributed by atoms with van der Waals surface area (Å²) in [6.07, 6.45) is 0.365. The van der Waals surface area contributed by atoms with E-state index in [0.717, 1.165) is 6.42 Å². The lowest BCUT2D eigenvalue weighted by atomic mass is 10.1. The van der Waals surface area contributed by atoms with Gasteiger partial charge in [-0.3, -0.25) is 4.79 Å². The molecule has 84 valence electrons. The molecule has 0 aliphatic heterocycles. The van der Waals surface area contributed by atoms with Gasteiger partial charge in [0.25, 0.3) is 0 Å². The van der Waals surface area contributed by atoms with Crippen molar-refractivity contribution in [1.29, 1.82) is 0 Å². The smallest absolute Gasteiger partial charge is 0.299 e. The molecule has 4 saturated carbocycles. The van der Waals surface area contributed by atoms with E-state index < -0.39 is 16.5 Å². The van der Waals surface area contributed by atoms with Gasteiger partial charge in [0.05, 0.1) is 12.7 Å². The molecule has 4 fully saturated rings. The minimum Gasteiger partial charge on any atom is -0.299 e. The molecule has 0 unspecified atom stereocenters. The molecular formula is C9H12O5S. The summed E-state index contributed by atoms with van der Waals surface area (Å²) in [5.41, 5.74) is 0. The molecule has 15 heavy (non-hydrogen) atoms. The van der Waals surface area contributed by atoms with Crippen molar-refractivity contribution in [3.05, 3.63) is 0 Å². The minimum absolute atomic E-state index is 0.0607. The molecule has 0 N–H and O–H groups in total. The molecular weight excluding hydrogens is 220 g/mol. The largest absolute Gasteiger partial charge is 0.400 e. The molecule has 0 aromatic heterocycles. The number of carbonyl (C=O) groups is 1. The maximum Gasteiger partial charge on any atom is 0.400 e. The van der Waals surface area contributed by atoms with Gasteiger partial charge in [-0.15, -0.1) is 0 Å². The van der Waals surface area contributed by atoms with Gasteiger partial charge in [0.2, 0.25) is 0 Å². The van der Waals surface area contributed by atoms with Crippen molar-refractivity contribution in [2.45, 2.75) is 19.4 Å². The van der Waals surface area contributed by atoms with Crippen molar-refractivity contribution in [1.82, 2.24) is 0 Å². The van der Waals surface area contributed by atoms with Crippen LogP contribution in [0.25, 0.3) is 0 Å². The van der Waals surface area contributed by atoms with E-state index in [9.17, 15) is 13.2 Å². The van der Waals surface area contributed by atoms with Crippen molar-refractivity contribution in [3.8, 4) is 0 Å². The maximum absolute atomic E-state index is 11.5. The first-order valence-electron chi connectivity index (χ1n) is 5.16. The van der Waals surface area contributed by atoms with Crippen LogP contribution < -0.4 is 0 Å². The Hall–Kier alpha value is -0.460. The lowest BCUT2D eigenvalue weighted by Gasteiger charge is -2.13. The van der Waals surface area contributed by atoms with Crippen molar-refractivity contribution in [2.24, 2.45) is 23.7 Å². The average Bonchev–Trinajstić information content (AvgIpc) is 2.45. The number of hydrogen-bond donors (Lipinski definition) is 0. The second-order valence-electron chi connectivity index (χ2n) is 4.39. The van der Waals surface area contributed by atoms with Crippen LogP contribution in [0.1, 0.15) is 13.3 Å². The van der Waals surface area contributed by atoms with Crippen LogP contribution in [0.15, 0.2) is 0 Å². The Balaban J connectivity index is 1.74. The zero-order valence-electron chi connectivity index (χ0n) is 8.25. The molecule has 0 saturated heterocycles. The molecule has 4 rings (SSSR count). The highest BCUT2D eigenvalue weighted by Crippen LogP contribution is 2.69. The standard InChI is InChI=1S/C9H12O5S/c1-2-13-15(11,12)14-9-5-3-4-6(7(4)9)8(5)10/h4-7,9H,2-3H2,1H3/t4-,5+,6+,7-,9-/m1/s1. The predicted molar refractivity (Wildman–Crippen MR) is 49.0 cm³/mol. The summed E-state index contributed by atoms with van der Waals surface area (Å²) < 4.78 is 32.0. The Morgan fingerprint density at radius 2 is 2.20 bits per heavy atom. The van der Waals surface area contributed by atoms with Crippen molar-refractivity contribution >= 4 is 16.2 Å². The molecule has 4 bridgehead atoms. The van der Waals surface area contributed by atoms with Crippen LogP contribution in [0, 0.1) is 23.7 Å². The normalized spacial score (nSPS) is 46.2. The molecule has 0 aromatic rings. The van der Waals surface area contributed by atoms with Crippen LogP contribution in [0.5, 0.6) is 0 Å². The Kier molecular flexibility index (Phi) is 1.82. The fourth-order valence-corrected chi connectivity index (χ4v) is 4.09. The van der Waals surface area contributed by atoms with Crippen LogP contribution in [0.3, 0.4) is 0 Å². The van der Waals surface area contributed by atoms with E-state index in [1.54, 1.807) is 6.92 Å². The molecule has 0 spiro atoms. The topological polar surface area (TPSA) is 69.7 Å². The highest BCUT2D eigenvalue weighted by atomic mass is 32.3. The van der Waals surface area contributed by atoms with Crippen molar-refractivity contribution in [3.63, 3.8) is 0 Å². The average molecular weight is 232 g/mol. The first kappa shape index (κ1) is 9.74. The third-order valence-electron chi connectivity index (χ3n) is 3.72. The van der Waals surface area contributed by atoms with Gasteiger partial charge in [0, 0.05) is 17.8 Å². The summed E-state index contributed by atoms with van der Waals surface area (Å²) in [5, 5.41) is 0. The van der Waals surface area contributed by atoms with Gasteiger partial charge in [-0.05, 0) is 19.3 Å². The van der Waals surface area contributed by atoms with Crippen LogP contribution in [-0.2, 0) is 23.6 Å². The van der Waals surface area contributed by atoms with Gasteiger partial charge >= 0.3 is 10.4 Å². The van der Waals surface area contributed by atoms with E-state index >= 15 is 0 Å². The van der Waals surface area contributed by atoms with E-state index in [0.29, 0.717) is 5.92 Å². The van der Waals surface area contributed by atoms with E-state index in [4.69, 9.17) is 4.18 Å². The highest BCUT2D eigenvalue weighted by Gasteiger charge is 2.75. The van der Waals surface area contributed by atoms with Crippen LogP contribution >= 0.6 is 0 Å². The number of ketones is 1. The van der Waals surface area contributed by atoms with Crippen molar-refractivity contribution in [2.75, 3.05) is 6.61 Å². The monoisotopic (exact) mass is 232 g/mol. The zero-order valence-corrected chi connectivity index (χ0v) is 9.07. The third kappa shape index (κ3) is 1.21. The van der Waals surface area contributed by atoms with Gasteiger partial charge < -0.3 is 0 Å². The van der Waals surface area contributed by atoms with Gasteiger partial charge in [0.1, 0.15) is 5.78 Å². The molecule has 4 aliphatic carbocycles. The summed E-state index contributed by atoms with van der Waals surface area (Å²) in [7, 11) is -3.90. The van der Waals surface area contributed by atoms with Crippen molar-refractivity contribution < 1.29 is 21.6 Å². The lowest BCUT2D eigenvalue weighted by Crippen LogP contribution is -2.25. The molecule has 0 aromatic carbocycles. The first-order chi connectivity index (χ1) is 7.05. The van der Waals surface area contributed by atoms with E-state index in [-0.39, 0.29) is 30.1 Å². The maximum atomic E-state index is 11.5. The fourth-order valence-electron chi connectivity index (χ4n) is 3.21. The number of carbonyl (C=O) groups excluding carboxylic acids is 1. The molecule has 0 heterocycles. The van der Waals surface area contributed by atoms with E-state index in [1.165, 1.54) is 0 Å². The zero-order chi connectivity index (χ0) is 10.8. The molecule has 5 atom stereocenters. The van der Waals surface area contributed by atoms with Crippen LogP contribution in [0.2, 0.25) is 0 Å². The molecule has 4 aliphatic rings. The first-order valence-corrected chi connectivity index (χ1v) is 6.50. The number of hydrogen-bond acceptors (Lipinski definition) is 5. The Morgan fingerprint density at radius 1 is 1.47 bits per heavy atom.